The minimum Gasteiger partial charge on any atom is -0.344 e. The van der Waals surface area contributed by atoms with E-state index in [1.54, 1.807) is 43.3 Å². The summed E-state index contributed by atoms with van der Waals surface area (Å²) < 4.78 is 1.49. The second kappa shape index (κ2) is 16.9. The Morgan fingerprint density at radius 2 is 1.65 bits per heavy atom. The molecule has 4 amide bonds. The van der Waals surface area contributed by atoms with Crippen molar-refractivity contribution in [2.75, 3.05) is 31.5 Å². The summed E-state index contributed by atoms with van der Waals surface area (Å²) in [5.74, 6) is -0.897. The van der Waals surface area contributed by atoms with E-state index < -0.39 is 12.1 Å². The molecule has 2 atom stereocenters. The molecule has 12 heteroatoms. The number of nitrogens with one attached hydrogen (secondary N) is 3. The quantitative estimate of drug-likeness (QED) is 0.268. The summed E-state index contributed by atoms with van der Waals surface area (Å²) in [6.07, 6.45) is 7.02. The van der Waals surface area contributed by atoms with Crippen LogP contribution in [0.5, 0.6) is 0 Å². The molecular formula is C37H46N8O4. The van der Waals surface area contributed by atoms with Crippen LogP contribution in [-0.4, -0.2) is 81.5 Å². The predicted molar refractivity (Wildman–Crippen MR) is 185 cm³/mol. The van der Waals surface area contributed by atoms with Crippen LogP contribution < -0.4 is 16.0 Å². The number of nitriles is 1. The zero-order valence-corrected chi connectivity index (χ0v) is 28.4. The largest absolute Gasteiger partial charge is 0.344 e. The molecule has 0 bridgehead atoms. The van der Waals surface area contributed by atoms with Gasteiger partial charge >= 0.3 is 0 Å². The second-order valence-electron chi connectivity index (χ2n) is 12.9. The molecule has 3 aromatic rings. The molecule has 1 aromatic heterocycles. The maximum absolute atomic E-state index is 13.7. The third kappa shape index (κ3) is 9.32. The lowest BCUT2D eigenvalue weighted by molar-refractivity contribution is -0.138. The molecule has 1 aliphatic carbocycles. The van der Waals surface area contributed by atoms with Gasteiger partial charge < -0.3 is 20.9 Å². The summed E-state index contributed by atoms with van der Waals surface area (Å²) in [6.45, 7) is 4.78. The van der Waals surface area contributed by atoms with Crippen molar-refractivity contribution in [3.63, 3.8) is 0 Å². The Kier molecular flexibility index (Phi) is 12.2. The smallest absolute Gasteiger partial charge is 0.270 e. The van der Waals surface area contributed by atoms with Crippen LogP contribution in [-0.2, 0) is 34.4 Å². The van der Waals surface area contributed by atoms with Crippen molar-refractivity contribution in [3.05, 3.63) is 83.2 Å². The van der Waals surface area contributed by atoms with E-state index in [1.165, 1.54) is 4.68 Å². The van der Waals surface area contributed by atoms with Crippen molar-refractivity contribution in [2.24, 2.45) is 13.0 Å². The van der Waals surface area contributed by atoms with Gasteiger partial charge in [0.25, 0.3) is 5.91 Å². The number of carbonyl (C=O) groups is 4. The topological polar surface area (TPSA) is 152 Å². The molecule has 3 N–H and O–H groups in total. The highest BCUT2D eigenvalue weighted by Gasteiger charge is 2.32. The van der Waals surface area contributed by atoms with E-state index in [9.17, 15) is 24.4 Å². The van der Waals surface area contributed by atoms with Crippen LogP contribution in [0.2, 0.25) is 0 Å². The lowest BCUT2D eigenvalue weighted by Gasteiger charge is -2.36. The third-order valence-corrected chi connectivity index (χ3v) is 9.58. The molecule has 1 saturated heterocycles. The van der Waals surface area contributed by atoms with Gasteiger partial charge in [-0.1, -0.05) is 56.5 Å². The zero-order valence-electron chi connectivity index (χ0n) is 28.4. The Balaban J connectivity index is 1.20. The number of aryl methyl sites for hydroxylation is 1. The van der Waals surface area contributed by atoms with Gasteiger partial charge in [-0.15, -0.1) is 0 Å². The third-order valence-electron chi connectivity index (χ3n) is 9.58. The molecule has 1 aliphatic heterocycles. The van der Waals surface area contributed by atoms with Crippen molar-refractivity contribution in [1.29, 1.82) is 5.26 Å². The molecule has 5 rings (SSSR count). The normalized spacial score (nSPS) is 16.6. The van der Waals surface area contributed by atoms with Crippen molar-refractivity contribution in [2.45, 2.75) is 70.5 Å². The van der Waals surface area contributed by atoms with E-state index in [2.05, 4.69) is 32.0 Å². The number of nitrogens with zero attached hydrogens (tertiary/aromatic N) is 5. The van der Waals surface area contributed by atoms with E-state index in [0.29, 0.717) is 56.1 Å². The highest BCUT2D eigenvalue weighted by molar-refractivity contribution is 6.00. The van der Waals surface area contributed by atoms with E-state index in [0.717, 1.165) is 43.2 Å². The lowest BCUT2D eigenvalue weighted by atomic mass is 9.83. The molecule has 12 nitrogen and oxygen atoms in total. The number of rotatable bonds is 12. The molecule has 2 heterocycles. The van der Waals surface area contributed by atoms with Crippen LogP contribution in [0.3, 0.4) is 0 Å². The summed E-state index contributed by atoms with van der Waals surface area (Å²) in [7, 11) is 1.69. The van der Waals surface area contributed by atoms with Crippen LogP contribution in [0.25, 0.3) is 0 Å². The van der Waals surface area contributed by atoms with Crippen molar-refractivity contribution in [1.82, 2.24) is 30.2 Å². The first-order valence-electron chi connectivity index (χ1n) is 17.2. The van der Waals surface area contributed by atoms with E-state index in [-0.39, 0.29) is 36.0 Å². The fourth-order valence-corrected chi connectivity index (χ4v) is 6.71. The van der Waals surface area contributed by atoms with Crippen LogP contribution >= 0.6 is 0 Å². The van der Waals surface area contributed by atoms with E-state index in [1.807, 2.05) is 36.4 Å². The van der Waals surface area contributed by atoms with Crippen LogP contribution in [0.15, 0.2) is 60.8 Å². The molecule has 2 aromatic carbocycles. The molecule has 0 radical (unpaired) electrons. The Bertz CT molecular complexity index is 1650. The van der Waals surface area contributed by atoms with Gasteiger partial charge in [0, 0.05) is 64.5 Å². The summed E-state index contributed by atoms with van der Waals surface area (Å²) in [4.78, 5) is 56.8. The average molecular weight is 667 g/mol. The molecule has 49 heavy (non-hydrogen) atoms. The van der Waals surface area contributed by atoms with Gasteiger partial charge in [0.1, 0.15) is 17.8 Å². The Labute approximate surface area is 287 Å². The fraction of sp³-hybridized carbons (Fsp3) is 0.459. The predicted octanol–water partition coefficient (Wildman–Crippen LogP) is 3.39. The number of hydrogen-bond acceptors (Lipinski definition) is 7. The first-order valence-corrected chi connectivity index (χ1v) is 17.2. The molecule has 2 aliphatic rings. The van der Waals surface area contributed by atoms with Crippen molar-refractivity contribution in [3.8, 4) is 6.07 Å². The van der Waals surface area contributed by atoms with E-state index in [4.69, 9.17) is 0 Å². The molecule has 2 fully saturated rings. The number of carbonyl (C=O) groups excluding carboxylic acids is 4. The zero-order chi connectivity index (χ0) is 34.8. The number of aromatic nitrogens is 2. The number of piperazine rings is 1. The van der Waals surface area contributed by atoms with Crippen LogP contribution in [0, 0.1) is 17.2 Å². The monoisotopic (exact) mass is 666 g/mol. The molecular weight excluding hydrogens is 620 g/mol. The van der Waals surface area contributed by atoms with Crippen LogP contribution in [0.1, 0.15) is 72.6 Å². The molecule has 2 unspecified atom stereocenters. The lowest BCUT2D eigenvalue weighted by Crippen LogP contribution is -2.55. The Morgan fingerprint density at radius 1 is 0.939 bits per heavy atom. The van der Waals surface area contributed by atoms with Crippen molar-refractivity contribution < 1.29 is 19.2 Å². The standard InChI is InChI=1S/C37H46N8O4/c1-3-33(46)41-31(37(49)45-21-19-44(20-22-45)25-29-12-8-7-11-28(29)24-38)23-26-13-15-30(16-14-26)40-36(48)34(27-9-5-4-6-10-27)42-35(47)32-17-18-39-43(32)2/h7-8,11-18,27,31,34H,3-6,9-10,19-23,25H2,1-2H3,(H,40,48)(H,41,46)(H,42,47). The number of anilines is 1. The average Bonchev–Trinajstić information content (AvgIpc) is 3.57. The summed E-state index contributed by atoms with van der Waals surface area (Å²) >= 11 is 0. The maximum atomic E-state index is 13.7. The second-order valence-corrected chi connectivity index (χ2v) is 12.9. The summed E-state index contributed by atoms with van der Waals surface area (Å²) in [6, 6.07) is 17.3. The van der Waals surface area contributed by atoms with E-state index >= 15 is 0 Å². The Hall–Kier alpha value is -5.02. The minimum atomic E-state index is -0.725. The van der Waals surface area contributed by atoms with Gasteiger partial charge in [0.15, 0.2) is 0 Å². The Morgan fingerprint density at radius 3 is 2.31 bits per heavy atom. The summed E-state index contributed by atoms with van der Waals surface area (Å²) in [5.41, 5.74) is 3.44. The molecule has 0 spiro atoms. The van der Waals surface area contributed by atoms with Gasteiger partial charge in [-0.05, 0) is 54.2 Å². The van der Waals surface area contributed by atoms with Crippen LogP contribution in [0.4, 0.5) is 5.69 Å². The molecule has 1 saturated carbocycles. The van der Waals surface area contributed by atoms with Gasteiger partial charge in [-0.2, -0.15) is 10.4 Å². The van der Waals surface area contributed by atoms with Gasteiger partial charge in [0.2, 0.25) is 17.7 Å². The van der Waals surface area contributed by atoms with Gasteiger partial charge in [-0.3, -0.25) is 28.8 Å². The molecule has 258 valence electrons. The van der Waals surface area contributed by atoms with Gasteiger partial charge in [-0.25, -0.2) is 0 Å². The van der Waals surface area contributed by atoms with Gasteiger partial charge in [0.05, 0.1) is 11.6 Å². The number of amides is 4. The maximum Gasteiger partial charge on any atom is 0.270 e. The number of benzene rings is 2. The highest BCUT2D eigenvalue weighted by Crippen LogP contribution is 2.28. The first kappa shape index (κ1) is 35.3. The minimum absolute atomic E-state index is 0.0365. The first-order chi connectivity index (χ1) is 23.7. The summed E-state index contributed by atoms with van der Waals surface area (Å²) in [5, 5.41) is 22.4. The highest BCUT2D eigenvalue weighted by atomic mass is 16.2. The fourth-order valence-electron chi connectivity index (χ4n) is 6.71. The number of hydrogen-bond donors (Lipinski definition) is 3. The van der Waals surface area contributed by atoms with Crippen molar-refractivity contribution >= 4 is 29.3 Å². The SMILES string of the molecule is CCC(=O)NC(Cc1ccc(NC(=O)C(NC(=O)c2ccnn2C)C2CCCCC2)cc1)C(=O)N1CCN(Cc2ccccc2C#N)CC1.